The molecule has 172 valence electrons. The number of nitrogens with zero attached hydrogens (tertiary/aromatic N) is 1. The summed E-state index contributed by atoms with van der Waals surface area (Å²) in [4.78, 5) is 26.6. The van der Waals surface area contributed by atoms with Gasteiger partial charge < -0.3 is 24.8 Å². The third-order valence-electron chi connectivity index (χ3n) is 3.69. The highest BCUT2D eigenvalue weighted by Crippen LogP contribution is 2.21. The van der Waals surface area contributed by atoms with E-state index in [1.165, 1.54) is 0 Å². The molecule has 1 amide bonds. The van der Waals surface area contributed by atoms with Crippen LogP contribution in [0.15, 0.2) is 30.3 Å². The predicted molar refractivity (Wildman–Crippen MR) is 113 cm³/mol. The third-order valence-corrected chi connectivity index (χ3v) is 3.69. The minimum Gasteiger partial charge on any atom is -0.458 e. The predicted octanol–water partition coefficient (Wildman–Crippen LogP) is 3.40. The van der Waals surface area contributed by atoms with Crippen LogP contribution in [0.2, 0.25) is 0 Å². The van der Waals surface area contributed by atoms with Gasteiger partial charge in [0.25, 0.3) is 0 Å². The Hall–Kier alpha value is -2.16. The lowest BCUT2D eigenvalue weighted by molar-refractivity contribution is -0.240. The lowest BCUT2D eigenvalue weighted by atomic mass is 10.1. The van der Waals surface area contributed by atoms with Crippen LogP contribution in [0.5, 0.6) is 0 Å². The number of hydrogen-bond acceptors (Lipinski definition) is 6. The second-order valence-electron chi connectivity index (χ2n) is 8.84. The number of ether oxygens (including phenoxy) is 3. The number of rotatable bonds is 8. The number of hydrogen-bond donors (Lipinski definition) is 1. The summed E-state index contributed by atoms with van der Waals surface area (Å²) in [7, 11) is 0. The van der Waals surface area contributed by atoms with Gasteiger partial charge in [0.1, 0.15) is 18.2 Å². The Bertz CT molecular complexity index is 650. The third kappa shape index (κ3) is 10.0. The van der Waals surface area contributed by atoms with Gasteiger partial charge in [-0.3, -0.25) is 0 Å². The van der Waals surface area contributed by atoms with Gasteiger partial charge in [0, 0.05) is 0 Å². The topological polar surface area (TPSA) is 117 Å². The molecule has 0 aliphatic carbocycles. The Kier molecular flexibility index (Phi) is 11.0. The Balaban J connectivity index is 0.00000841. The summed E-state index contributed by atoms with van der Waals surface area (Å²) in [6.07, 6.45) is -1.63. The zero-order valence-corrected chi connectivity index (χ0v) is 19.1. The summed E-state index contributed by atoms with van der Waals surface area (Å²) in [6.45, 7) is 12.3. The van der Waals surface area contributed by atoms with Crippen LogP contribution >= 0.6 is 0 Å². The molecule has 0 heterocycles. The molecular formula is C22H37NO7. The lowest BCUT2D eigenvalue weighted by Crippen LogP contribution is -2.54. The molecule has 0 saturated heterocycles. The van der Waals surface area contributed by atoms with E-state index in [9.17, 15) is 14.7 Å². The number of amides is 1. The number of carbonyl (C=O) groups excluding carboxylic acids is 2. The number of carbonyl (C=O) groups is 2. The first-order chi connectivity index (χ1) is 13.3. The monoisotopic (exact) mass is 427 g/mol. The molecule has 8 nitrogen and oxygen atoms in total. The number of benzene rings is 1. The fourth-order valence-electron chi connectivity index (χ4n) is 2.55. The molecule has 1 unspecified atom stereocenters. The minimum atomic E-state index is -1.66. The molecule has 0 radical (unpaired) electrons. The van der Waals surface area contributed by atoms with Crippen LogP contribution in [0.4, 0.5) is 4.79 Å². The molecule has 0 bridgehead atoms. The maximum atomic E-state index is 12.9. The standard InChI is InChI=1S/C22H35NO6.H2O/c1-8-12-17(18(24)28-21(2,3)4)23(20(26)29-22(5,6)7)19(25)27-15-16-13-10-9-11-14-16;/h9-11,13-14,17,20,26H,8,12,15H2,1-7H3;1H2/t17-,20?;/m1./s1. The van der Waals surface area contributed by atoms with Gasteiger partial charge in [0.2, 0.25) is 6.41 Å². The van der Waals surface area contributed by atoms with Crippen LogP contribution in [0, 0.1) is 0 Å². The van der Waals surface area contributed by atoms with Crippen LogP contribution in [-0.4, -0.2) is 51.2 Å². The number of aliphatic hydroxyl groups is 1. The van der Waals surface area contributed by atoms with E-state index in [0.29, 0.717) is 12.8 Å². The van der Waals surface area contributed by atoms with E-state index in [1.54, 1.807) is 41.5 Å². The first kappa shape index (κ1) is 27.8. The van der Waals surface area contributed by atoms with Crippen molar-refractivity contribution in [2.75, 3.05) is 0 Å². The van der Waals surface area contributed by atoms with E-state index < -0.39 is 35.7 Å². The molecule has 2 atom stereocenters. The molecule has 1 aromatic rings. The van der Waals surface area contributed by atoms with Crippen LogP contribution < -0.4 is 0 Å². The molecular weight excluding hydrogens is 390 g/mol. The molecule has 1 rings (SSSR count). The van der Waals surface area contributed by atoms with Crippen LogP contribution in [0.25, 0.3) is 0 Å². The van der Waals surface area contributed by atoms with E-state index >= 15 is 0 Å². The van der Waals surface area contributed by atoms with E-state index in [2.05, 4.69) is 0 Å². The SMILES string of the molecule is CCC[C@H](C(=O)OC(C)(C)C)N(C(=O)OCc1ccccc1)C(O)OC(C)(C)C.O. The first-order valence-corrected chi connectivity index (χ1v) is 9.92. The summed E-state index contributed by atoms with van der Waals surface area (Å²) < 4.78 is 16.4. The van der Waals surface area contributed by atoms with Crippen LogP contribution in [0.1, 0.15) is 66.9 Å². The zero-order valence-electron chi connectivity index (χ0n) is 19.1. The van der Waals surface area contributed by atoms with Crippen molar-refractivity contribution >= 4 is 12.1 Å². The Morgan fingerprint density at radius 3 is 2.07 bits per heavy atom. The molecule has 0 fully saturated rings. The van der Waals surface area contributed by atoms with Crippen molar-refractivity contribution in [3.63, 3.8) is 0 Å². The fraction of sp³-hybridized carbons (Fsp3) is 0.636. The molecule has 8 heteroatoms. The summed E-state index contributed by atoms with van der Waals surface area (Å²) in [5.74, 6) is -0.618. The summed E-state index contributed by atoms with van der Waals surface area (Å²) >= 11 is 0. The summed E-state index contributed by atoms with van der Waals surface area (Å²) in [6, 6.07) is 8.12. The van der Waals surface area contributed by atoms with Crippen molar-refractivity contribution in [1.82, 2.24) is 4.90 Å². The molecule has 1 aromatic carbocycles. The zero-order chi connectivity index (χ0) is 22.2. The molecule has 0 saturated carbocycles. The molecule has 0 aromatic heterocycles. The van der Waals surface area contributed by atoms with Crippen LogP contribution in [0.3, 0.4) is 0 Å². The fourth-order valence-corrected chi connectivity index (χ4v) is 2.55. The normalized spacial score (nSPS) is 13.6. The van der Waals surface area contributed by atoms with Gasteiger partial charge in [-0.25, -0.2) is 14.5 Å². The highest BCUT2D eigenvalue weighted by Gasteiger charge is 2.39. The van der Waals surface area contributed by atoms with Gasteiger partial charge in [-0.05, 0) is 53.5 Å². The lowest BCUT2D eigenvalue weighted by Gasteiger charge is -2.36. The Morgan fingerprint density at radius 1 is 1.03 bits per heavy atom. The second kappa shape index (κ2) is 11.9. The Labute approximate surface area is 179 Å². The molecule has 0 spiro atoms. The number of esters is 1. The van der Waals surface area contributed by atoms with Crippen molar-refractivity contribution in [2.24, 2.45) is 0 Å². The van der Waals surface area contributed by atoms with Gasteiger partial charge in [-0.2, -0.15) is 0 Å². The molecule has 0 aliphatic heterocycles. The summed E-state index contributed by atoms with van der Waals surface area (Å²) in [5.41, 5.74) is -0.697. The first-order valence-electron chi connectivity index (χ1n) is 9.92. The average molecular weight is 428 g/mol. The van der Waals surface area contributed by atoms with E-state index in [1.807, 2.05) is 37.3 Å². The van der Waals surface area contributed by atoms with Crippen molar-refractivity contribution in [3.05, 3.63) is 35.9 Å². The maximum absolute atomic E-state index is 12.9. The van der Waals surface area contributed by atoms with Crippen LogP contribution in [-0.2, 0) is 25.6 Å². The summed E-state index contributed by atoms with van der Waals surface area (Å²) in [5, 5.41) is 10.7. The molecule has 3 N–H and O–H groups in total. The van der Waals surface area contributed by atoms with E-state index in [4.69, 9.17) is 14.2 Å². The van der Waals surface area contributed by atoms with Gasteiger partial charge in [0.15, 0.2) is 0 Å². The van der Waals surface area contributed by atoms with Gasteiger partial charge in [-0.15, -0.1) is 0 Å². The maximum Gasteiger partial charge on any atom is 0.414 e. The van der Waals surface area contributed by atoms with E-state index in [0.717, 1.165) is 10.5 Å². The van der Waals surface area contributed by atoms with Gasteiger partial charge in [-0.1, -0.05) is 43.7 Å². The van der Waals surface area contributed by atoms with Crippen molar-refractivity contribution in [2.45, 2.75) is 91.6 Å². The average Bonchev–Trinajstić information content (AvgIpc) is 2.57. The van der Waals surface area contributed by atoms with Crippen molar-refractivity contribution in [1.29, 1.82) is 0 Å². The minimum absolute atomic E-state index is 0. The molecule has 0 aliphatic rings. The quantitative estimate of drug-likeness (QED) is 0.502. The Morgan fingerprint density at radius 2 is 1.60 bits per heavy atom. The largest absolute Gasteiger partial charge is 0.458 e. The van der Waals surface area contributed by atoms with E-state index in [-0.39, 0.29) is 12.1 Å². The van der Waals surface area contributed by atoms with Crippen molar-refractivity contribution in [3.8, 4) is 0 Å². The highest BCUT2D eigenvalue weighted by atomic mass is 16.7. The van der Waals surface area contributed by atoms with Gasteiger partial charge in [0.05, 0.1) is 5.60 Å². The smallest absolute Gasteiger partial charge is 0.414 e. The second-order valence-corrected chi connectivity index (χ2v) is 8.84. The highest BCUT2D eigenvalue weighted by molar-refractivity contribution is 5.81. The molecule has 30 heavy (non-hydrogen) atoms. The number of aliphatic hydroxyl groups excluding tert-OH is 1. The van der Waals surface area contributed by atoms with Crippen molar-refractivity contribution < 1.29 is 34.4 Å². The van der Waals surface area contributed by atoms with Gasteiger partial charge >= 0.3 is 12.1 Å².